The molecule has 0 fully saturated rings. The fourth-order valence-electron chi connectivity index (χ4n) is 1.79. The molecule has 0 aromatic heterocycles. The molecule has 1 aromatic rings. The fraction of sp³-hybridized carbons (Fsp3) is 0.423. The van der Waals surface area contributed by atoms with E-state index in [9.17, 15) is 0 Å². The van der Waals surface area contributed by atoms with E-state index in [0.29, 0.717) is 0 Å². The lowest BCUT2D eigenvalue weighted by Crippen LogP contribution is -1.85. The van der Waals surface area contributed by atoms with E-state index in [-0.39, 0.29) is 0 Å². The summed E-state index contributed by atoms with van der Waals surface area (Å²) in [5.74, 6) is 0. The Bertz CT molecular complexity index is 476. The van der Waals surface area contributed by atoms with E-state index in [1.165, 1.54) is 35.1 Å². The van der Waals surface area contributed by atoms with Crippen molar-refractivity contribution in [1.82, 2.24) is 0 Å². The number of allylic oxidation sites excluding steroid dienone is 4. The van der Waals surface area contributed by atoms with Crippen molar-refractivity contribution in [2.75, 3.05) is 0 Å². The molecule has 0 saturated carbocycles. The molecule has 0 saturated heterocycles. The molecule has 0 bridgehead atoms. The predicted octanol–water partition coefficient (Wildman–Crippen LogP) is 8.76. The molecule has 1 aliphatic carbocycles. The molecule has 0 atom stereocenters. The first-order valence-electron chi connectivity index (χ1n) is 9.66. The van der Waals surface area contributed by atoms with Crippen molar-refractivity contribution in [2.24, 2.45) is 0 Å². The molecule has 0 N–H and O–H groups in total. The largest absolute Gasteiger partial charge is 0.307 e. The zero-order valence-electron chi connectivity index (χ0n) is 19.7. The van der Waals surface area contributed by atoms with E-state index in [0.717, 1.165) is 0 Å². The minimum atomic E-state index is 1.24. The van der Waals surface area contributed by atoms with Crippen LogP contribution in [0.3, 0.4) is 0 Å². The first kappa shape index (κ1) is 35.9. The molecule has 0 radical (unpaired) electrons. The first-order valence-corrected chi connectivity index (χ1v) is 9.66. The molecule has 0 aliphatic heterocycles. The van der Waals surface area contributed by atoms with E-state index in [1.54, 1.807) is 5.57 Å². The third-order valence-electron chi connectivity index (χ3n) is 3.39. The Morgan fingerprint density at radius 3 is 1.44 bits per heavy atom. The number of rotatable bonds is 0. The standard InChI is InChI=1S/C9H12.C8H12.2C2H6.2C2H4.CH2O/c1-7-4-5-8(2)9(3)6-7;1-7-5-3-4-6-8(7)2;5*1-2/h4-6H,1-3H3;3,5H,4,6H2,1-2H3;2*1-2H3;2*1-2H2;1H2. The third kappa shape index (κ3) is 23.9. The van der Waals surface area contributed by atoms with E-state index < -0.39 is 0 Å². The Balaban J connectivity index is -0.0000000822. The van der Waals surface area contributed by atoms with Gasteiger partial charge in [0.05, 0.1) is 0 Å². The Morgan fingerprint density at radius 2 is 1.19 bits per heavy atom. The topological polar surface area (TPSA) is 17.1 Å². The van der Waals surface area contributed by atoms with Gasteiger partial charge < -0.3 is 4.79 Å². The maximum absolute atomic E-state index is 8.00. The summed E-state index contributed by atoms with van der Waals surface area (Å²) in [4.78, 5) is 8.00. The Hall–Kier alpha value is -2.15. The number of hydrogen-bond donors (Lipinski definition) is 0. The summed E-state index contributed by atoms with van der Waals surface area (Å²) < 4.78 is 0. The van der Waals surface area contributed by atoms with Crippen molar-refractivity contribution in [2.45, 2.75) is 75.2 Å². The SMILES string of the molecule is C=C.C=C.C=O.CC.CC.CC1=C(C)CCC=C1.Cc1ccc(C)c(C)c1. The van der Waals surface area contributed by atoms with Crippen LogP contribution in [-0.4, -0.2) is 6.79 Å². The van der Waals surface area contributed by atoms with Crippen LogP contribution in [0.2, 0.25) is 0 Å². The highest BCUT2D eigenvalue weighted by Gasteiger charge is 1.96. The van der Waals surface area contributed by atoms with Gasteiger partial charge in [-0.3, -0.25) is 0 Å². The van der Waals surface area contributed by atoms with Crippen LogP contribution in [0.25, 0.3) is 0 Å². The zero-order chi connectivity index (χ0) is 22.8. The number of benzene rings is 1. The van der Waals surface area contributed by atoms with Gasteiger partial charge in [-0.1, -0.05) is 74.8 Å². The predicted molar refractivity (Wildman–Crippen MR) is 130 cm³/mol. The van der Waals surface area contributed by atoms with Gasteiger partial charge in [0.25, 0.3) is 0 Å². The Morgan fingerprint density at radius 1 is 0.741 bits per heavy atom. The highest BCUT2D eigenvalue weighted by Crippen LogP contribution is 2.16. The maximum Gasteiger partial charge on any atom is 0.106 e. The number of aryl methyl sites for hydroxylation is 3. The van der Waals surface area contributed by atoms with E-state index in [2.05, 4.69) is 91.3 Å². The maximum atomic E-state index is 8.00. The van der Waals surface area contributed by atoms with Gasteiger partial charge in [0.2, 0.25) is 0 Å². The summed E-state index contributed by atoms with van der Waals surface area (Å²) in [7, 11) is 0. The van der Waals surface area contributed by atoms with Crippen molar-refractivity contribution < 1.29 is 4.79 Å². The normalized spacial score (nSPS) is 9.96. The minimum absolute atomic E-state index is 1.24. The van der Waals surface area contributed by atoms with Crippen LogP contribution in [0.4, 0.5) is 0 Å². The monoisotopic (exact) mass is 374 g/mol. The van der Waals surface area contributed by atoms with Gasteiger partial charge in [0, 0.05) is 0 Å². The molecular formula is C26H46O. The van der Waals surface area contributed by atoms with Gasteiger partial charge in [-0.2, -0.15) is 0 Å². The summed E-state index contributed by atoms with van der Waals surface area (Å²) >= 11 is 0. The lowest BCUT2D eigenvalue weighted by Gasteiger charge is -2.06. The van der Waals surface area contributed by atoms with Crippen molar-refractivity contribution in [3.05, 3.63) is 84.5 Å². The second kappa shape index (κ2) is 31.6. The lowest BCUT2D eigenvalue weighted by atomic mass is 10.0. The van der Waals surface area contributed by atoms with Gasteiger partial charge in [0.15, 0.2) is 0 Å². The molecule has 1 heteroatoms. The summed E-state index contributed by atoms with van der Waals surface area (Å²) in [5.41, 5.74) is 7.11. The molecule has 1 nitrogen and oxygen atoms in total. The summed E-state index contributed by atoms with van der Waals surface area (Å²) in [6.45, 7) is 32.8. The fourth-order valence-corrected chi connectivity index (χ4v) is 1.79. The molecule has 1 aliphatic rings. The second-order valence-corrected chi connectivity index (χ2v) is 4.99. The molecule has 156 valence electrons. The van der Waals surface area contributed by atoms with Crippen molar-refractivity contribution >= 4 is 6.79 Å². The van der Waals surface area contributed by atoms with Gasteiger partial charge in [-0.05, 0) is 58.6 Å². The molecule has 0 heterocycles. The minimum Gasteiger partial charge on any atom is -0.307 e. The average molecular weight is 375 g/mol. The second-order valence-electron chi connectivity index (χ2n) is 4.99. The van der Waals surface area contributed by atoms with Crippen LogP contribution in [-0.2, 0) is 4.79 Å². The number of hydrogen-bond acceptors (Lipinski definition) is 1. The van der Waals surface area contributed by atoms with Crippen LogP contribution in [0.1, 0.15) is 71.1 Å². The number of carbonyl (C=O) groups excluding carboxylic acids is 1. The van der Waals surface area contributed by atoms with E-state index in [4.69, 9.17) is 4.79 Å². The van der Waals surface area contributed by atoms with Crippen LogP contribution >= 0.6 is 0 Å². The van der Waals surface area contributed by atoms with Gasteiger partial charge in [-0.25, -0.2) is 0 Å². The van der Waals surface area contributed by atoms with Gasteiger partial charge >= 0.3 is 0 Å². The molecule has 0 spiro atoms. The summed E-state index contributed by atoms with van der Waals surface area (Å²) in [6, 6.07) is 6.50. The number of carbonyl (C=O) groups is 1. The lowest BCUT2D eigenvalue weighted by molar-refractivity contribution is -0.0979. The van der Waals surface area contributed by atoms with Gasteiger partial charge in [-0.15, -0.1) is 26.3 Å². The van der Waals surface area contributed by atoms with E-state index in [1.807, 2.05) is 34.5 Å². The summed E-state index contributed by atoms with van der Waals surface area (Å²) in [5, 5.41) is 0. The van der Waals surface area contributed by atoms with Crippen molar-refractivity contribution in [3.8, 4) is 0 Å². The van der Waals surface area contributed by atoms with Crippen LogP contribution in [0, 0.1) is 20.8 Å². The zero-order valence-corrected chi connectivity index (χ0v) is 19.7. The van der Waals surface area contributed by atoms with Crippen molar-refractivity contribution in [1.29, 1.82) is 0 Å². The third-order valence-corrected chi connectivity index (χ3v) is 3.39. The van der Waals surface area contributed by atoms with Crippen LogP contribution in [0.15, 0.2) is 67.8 Å². The molecular weight excluding hydrogens is 328 g/mol. The van der Waals surface area contributed by atoms with Crippen LogP contribution < -0.4 is 0 Å². The van der Waals surface area contributed by atoms with Crippen molar-refractivity contribution in [3.63, 3.8) is 0 Å². The molecule has 1 aromatic carbocycles. The highest BCUT2D eigenvalue weighted by molar-refractivity contribution is 5.28. The van der Waals surface area contributed by atoms with Crippen LogP contribution in [0.5, 0.6) is 0 Å². The van der Waals surface area contributed by atoms with Gasteiger partial charge in [0.1, 0.15) is 6.79 Å². The first-order chi connectivity index (χ1) is 13.0. The molecule has 2 rings (SSSR count). The Kier molecular flexibility index (Phi) is 42.0. The smallest absolute Gasteiger partial charge is 0.106 e. The Labute approximate surface area is 171 Å². The molecule has 0 amide bonds. The average Bonchev–Trinajstić information content (AvgIpc) is 2.75. The highest BCUT2D eigenvalue weighted by atomic mass is 16.1. The van der Waals surface area contributed by atoms with E-state index >= 15 is 0 Å². The summed E-state index contributed by atoms with van der Waals surface area (Å²) in [6.07, 6.45) is 6.95. The molecule has 27 heavy (non-hydrogen) atoms. The molecule has 0 unspecified atom stereocenters. The quantitative estimate of drug-likeness (QED) is 0.415.